The first-order chi connectivity index (χ1) is 11.7. The first-order valence-electron chi connectivity index (χ1n) is 7.05. The number of carbonyl (C=O) groups is 2. The van der Waals surface area contributed by atoms with E-state index >= 15 is 0 Å². The molecule has 3 aromatic rings. The van der Waals surface area contributed by atoms with Crippen molar-refractivity contribution in [3.8, 4) is 0 Å². The minimum Gasteiger partial charge on any atom is -0.465 e. The van der Waals surface area contributed by atoms with Gasteiger partial charge in [-0.1, -0.05) is 18.2 Å². The van der Waals surface area contributed by atoms with Crippen LogP contribution in [0.4, 0.5) is 5.13 Å². The summed E-state index contributed by atoms with van der Waals surface area (Å²) in [6.45, 7) is 0. The Morgan fingerprint density at radius 1 is 1.12 bits per heavy atom. The van der Waals surface area contributed by atoms with E-state index < -0.39 is 5.91 Å². The summed E-state index contributed by atoms with van der Waals surface area (Å²) in [7, 11) is 0. The van der Waals surface area contributed by atoms with Crippen LogP contribution in [0.15, 0.2) is 70.4 Å². The highest BCUT2D eigenvalue weighted by Gasteiger charge is 2.16. The number of carbonyl (C=O) groups excluding carboxylic acids is 2. The number of benzene rings is 1. The van der Waals surface area contributed by atoms with E-state index in [-0.39, 0.29) is 11.6 Å². The summed E-state index contributed by atoms with van der Waals surface area (Å²) < 4.78 is 5.22. The molecule has 0 spiro atoms. The van der Waals surface area contributed by atoms with Gasteiger partial charge in [-0.05, 0) is 24.3 Å². The van der Waals surface area contributed by atoms with E-state index in [1.54, 1.807) is 48.0 Å². The van der Waals surface area contributed by atoms with Crippen LogP contribution in [0, 0.1) is 0 Å². The Hall–Kier alpha value is -3.19. The molecule has 0 aliphatic rings. The second kappa shape index (κ2) is 7.38. The summed E-state index contributed by atoms with van der Waals surface area (Å²) in [4.78, 5) is 28.7. The molecule has 0 atom stereocenters. The Labute approximate surface area is 141 Å². The van der Waals surface area contributed by atoms with E-state index in [1.807, 2.05) is 6.07 Å². The maximum Gasteiger partial charge on any atom is 0.274 e. The molecular weight excluding hydrogens is 326 g/mol. The largest absolute Gasteiger partial charge is 0.465 e. The Balaban J connectivity index is 1.82. The van der Waals surface area contributed by atoms with E-state index in [2.05, 4.69) is 15.6 Å². The van der Waals surface area contributed by atoms with Gasteiger partial charge in [-0.2, -0.15) is 0 Å². The van der Waals surface area contributed by atoms with Crippen LogP contribution in [0.2, 0.25) is 0 Å². The summed E-state index contributed by atoms with van der Waals surface area (Å²) in [6, 6.07) is 12.0. The van der Waals surface area contributed by atoms with Gasteiger partial charge >= 0.3 is 0 Å². The van der Waals surface area contributed by atoms with Crippen LogP contribution < -0.4 is 10.6 Å². The van der Waals surface area contributed by atoms with Crippen molar-refractivity contribution in [2.24, 2.45) is 0 Å². The number of thiazole rings is 1. The van der Waals surface area contributed by atoms with Crippen molar-refractivity contribution in [1.29, 1.82) is 0 Å². The number of hydrogen-bond donors (Lipinski definition) is 2. The Kier molecular flexibility index (Phi) is 4.83. The van der Waals surface area contributed by atoms with E-state index in [9.17, 15) is 9.59 Å². The van der Waals surface area contributed by atoms with Crippen LogP contribution >= 0.6 is 11.3 Å². The van der Waals surface area contributed by atoms with Crippen LogP contribution in [-0.4, -0.2) is 16.8 Å². The molecule has 2 aromatic heterocycles. The first kappa shape index (κ1) is 15.7. The zero-order chi connectivity index (χ0) is 16.8. The summed E-state index contributed by atoms with van der Waals surface area (Å²) in [5, 5.41) is 7.43. The highest BCUT2D eigenvalue weighted by atomic mass is 32.1. The summed E-state index contributed by atoms with van der Waals surface area (Å²) in [5.41, 5.74) is 0.513. The molecule has 2 N–H and O–H groups in total. The van der Waals surface area contributed by atoms with E-state index in [4.69, 9.17) is 4.42 Å². The smallest absolute Gasteiger partial charge is 0.274 e. The van der Waals surface area contributed by atoms with Gasteiger partial charge in [0.2, 0.25) is 0 Å². The molecule has 2 amide bonds. The molecule has 0 radical (unpaired) electrons. The minimum absolute atomic E-state index is 0.0639. The molecule has 0 fully saturated rings. The van der Waals surface area contributed by atoms with Gasteiger partial charge in [-0.25, -0.2) is 4.98 Å². The van der Waals surface area contributed by atoms with Crippen LogP contribution in [0.3, 0.4) is 0 Å². The monoisotopic (exact) mass is 339 g/mol. The van der Waals surface area contributed by atoms with Gasteiger partial charge in [0.05, 0.1) is 6.26 Å². The summed E-state index contributed by atoms with van der Waals surface area (Å²) >= 11 is 1.29. The van der Waals surface area contributed by atoms with Gasteiger partial charge in [-0.15, -0.1) is 11.3 Å². The number of amides is 2. The van der Waals surface area contributed by atoms with Crippen LogP contribution in [0.25, 0.3) is 6.08 Å². The lowest BCUT2D eigenvalue weighted by Gasteiger charge is -2.09. The average Bonchev–Trinajstić information content (AvgIpc) is 3.29. The van der Waals surface area contributed by atoms with E-state index in [1.165, 1.54) is 23.7 Å². The predicted octanol–water partition coefficient (Wildman–Crippen LogP) is 3.15. The van der Waals surface area contributed by atoms with Gasteiger partial charge in [0.15, 0.2) is 5.13 Å². The van der Waals surface area contributed by atoms with Crippen molar-refractivity contribution in [2.45, 2.75) is 0 Å². The summed E-state index contributed by atoms with van der Waals surface area (Å²) in [6.07, 6.45) is 4.53. The fourth-order valence-electron chi connectivity index (χ4n) is 1.91. The third-order valence-electron chi connectivity index (χ3n) is 3.01. The van der Waals surface area contributed by atoms with E-state index in [0.29, 0.717) is 16.5 Å². The standard InChI is InChI=1S/C17H13N3O3S/c21-15(12-5-2-1-3-6-12)19-14(11-13-7-4-9-23-13)16(22)20-17-18-8-10-24-17/h1-11H,(H,19,21)(H,18,20,22)/b14-11+. The normalized spacial score (nSPS) is 11.1. The quantitative estimate of drug-likeness (QED) is 0.699. The molecule has 3 rings (SSSR count). The molecule has 24 heavy (non-hydrogen) atoms. The van der Waals surface area contributed by atoms with Crippen LogP contribution in [-0.2, 0) is 4.79 Å². The Morgan fingerprint density at radius 2 is 1.96 bits per heavy atom. The zero-order valence-corrected chi connectivity index (χ0v) is 13.2. The van der Waals surface area contributed by atoms with Crippen LogP contribution in [0.1, 0.15) is 16.1 Å². The minimum atomic E-state index is -0.481. The molecule has 0 bridgehead atoms. The van der Waals surface area contributed by atoms with Crippen molar-refractivity contribution < 1.29 is 14.0 Å². The zero-order valence-electron chi connectivity index (χ0n) is 12.4. The van der Waals surface area contributed by atoms with Crippen LogP contribution in [0.5, 0.6) is 0 Å². The van der Waals surface area contributed by atoms with Crippen molar-refractivity contribution >= 4 is 34.4 Å². The Bertz CT molecular complexity index is 841. The van der Waals surface area contributed by atoms with Crippen molar-refractivity contribution in [3.05, 3.63) is 77.3 Å². The number of furan rings is 1. The molecule has 120 valence electrons. The second-order valence-electron chi connectivity index (χ2n) is 4.68. The lowest BCUT2D eigenvalue weighted by atomic mass is 10.2. The van der Waals surface area contributed by atoms with Crippen molar-refractivity contribution in [3.63, 3.8) is 0 Å². The predicted molar refractivity (Wildman–Crippen MR) is 91.3 cm³/mol. The van der Waals surface area contributed by atoms with Crippen molar-refractivity contribution in [1.82, 2.24) is 10.3 Å². The van der Waals surface area contributed by atoms with E-state index in [0.717, 1.165) is 0 Å². The van der Waals surface area contributed by atoms with Gasteiger partial charge in [0.1, 0.15) is 11.5 Å². The maximum atomic E-state index is 12.4. The SMILES string of the molecule is O=C(Nc1nccs1)/C(=C\c1ccco1)NC(=O)c1ccccc1. The lowest BCUT2D eigenvalue weighted by molar-refractivity contribution is -0.113. The molecule has 2 heterocycles. The molecule has 1 aromatic carbocycles. The lowest BCUT2D eigenvalue weighted by Crippen LogP contribution is -2.30. The van der Waals surface area contributed by atoms with Gasteiger partial charge < -0.3 is 9.73 Å². The van der Waals surface area contributed by atoms with Gasteiger partial charge in [0, 0.05) is 23.2 Å². The number of nitrogens with one attached hydrogen (secondary N) is 2. The number of hydrogen-bond acceptors (Lipinski definition) is 5. The summed E-state index contributed by atoms with van der Waals surface area (Å²) in [5.74, 6) is -0.416. The maximum absolute atomic E-state index is 12.4. The van der Waals surface area contributed by atoms with Crippen molar-refractivity contribution in [2.75, 3.05) is 5.32 Å². The highest BCUT2D eigenvalue weighted by Crippen LogP contribution is 2.13. The Morgan fingerprint density at radius 3 is 2.62 bits per heavy atom. The molecule has 0 saturated heterocycles. The number of rotatable bonds is 5. The molecule has 7 heteroatoms. The molecule has 0 aliphatic carbocycles. The molecule has 6 nitrogen and oxygen atoms in total. The number of anilines is 1. The third-order valence-corrected chi connectivity index (χ3v) is 3.70. The highest BCUT2D eigenvalue weighted by molar-refractivity contribution is 7.13. The molecule has 0 unspecified atom stereocenters. The number of nitrogens with zero attached hydrogens (tertiary/aromatic N) is 1. The number of aromatic nitrogens is 1. The van der Waals surface area contributed by atoms with Gasteiger partial charge in [0.25, 0.3) is 11.8 Å². The third kappa shape index (κ3) is 3.96. The fourth-order valence-corrected chi connectivity index (χ4v) is 2.43. The first-order valence-corrected chi connectivity index (χ1v) is 7.93. The van der Waals surface area contributed by atoms with Gasteiger partial charge in [-0.3, -0.25) is 14.9 Å². The molecule has 0 aliphatic heterocycles. The second-order valence-corrected chi connectivity index (χ2v) is 5.58. The molecular formula is C17H13N3O3S. The average molecular weight is 339 g/mol. The molecule has 0 saturated carbocycles. The fraction of sp³-hybridized carbons (Fsp3) is 0. The topological polar surface area (TPSA) is 84.2 Å².